The predicted molar refractivity (Wildman–Crippen MR) is 123 cm³/mol. The number of benzene rings is 1. The first-order chi connectivity index (χ1) is 15.6. The molecule has 9 nitrogen and oxygen atoms in total. The van der Waals surface area contributed by atoms with Gasteiger partial charge in [-0.05, 0) is 24.3 Å². The zero-order valence-corrected chi connectivity index (χ0v) is 18.0. The number of para-hydroxylation sites is 1. The predicted octanol–water partition coefficient (Wildman–Crippen LogP) is 2.55. The van der Waals surface area contributed by atoms with E-state index in [4.69, 9.17) is 0 Å². The quantitative estimate of drug-likeness (QED) is 0.498. The van der Waals surface area contributed by atoms with E-state index in [1.54, 1.807) is 24.5 Å². The molecule has 1 fully saturated rings. The van der Waals surface area contributed by atoms with Crippen molar-refractivity contribution in [3.8, 4) is 0 Å². The van der Waals surface area contributed by atoms with E-state index >= 15 is 0 Å². The SMILES string of the molecule is O=S(=O)(Nc1cnc(N2CCN(c3ccccn3)CC2)nc1)c1cccc2cccnc12. The summed E-state index contributed by atoms with van der Waals surface area (Å²) >= 11 is 0. The Morgan fingerprint density at radius 1 is 0.750 bits per heavy atom. The van der Waals surface area contributed by atoms with E-state index in [0.717, 1.165) is 37.4 Å². The van der Waals surface area contributed by atoms with Gasteiger partial charge in [0, 0.05) is 44.0 Å². The number of anilines is 3. The van der Waals surface area contributed by atoms with E-state index in [0.29, 0.717) is 17.2 Å². The van der Waals surface area contributed by atoms with Crippen LogP contribution < -0.4 is 14.5 Å². The minimum absolute atomic E-state index is 0.116. The van der Waals surface area contributed by atoms with Crippen LogP contribution >= 0.6 is 0 Å². The molecule has 0 bridgehead atoms. The van der Waals surface area contributed by atoms with Crippen molar-refractivity contribution in [2.45, 2.75) is 4.90 Å². The molecule has 4 heterocycles. The number of pyridine rings is 2. The summed E-state index contributed by atoms with van der Waals surface area (Å²) in [5.74, 6) is 1.53. The van der Waals surface area contributed by atoms with Crippen molar-refractivity contribution in [1.29, 1.82) is 0 Å². The van der Waals surface area contributed by atoms with Crippen LogP contribution in [-0.4, -0.2) is 54.5 Å². The molecule has 3 aromatic heterocycles. The summed E-state index contributed by atoms with van der Waals surface area (Å²) < 4.78 is 28.4. The van der Waals surface area contributed by atoms with E-state index in [1.807, 2.05) is 30.3 Å². The summed E-state index contributed by atoms with van der Waals surface area (Å²) in [6, 6.07) is 14.5. The number of fused-ring (bicyclic) bond motifs is 1. The van der Waals surface area contributed by atoms with Crippen molar-refractivity contribution < 1.29 is 8.42 Å². The highest BCUT2D eigenvalue weighted by molar-refractivity contribution is 7.93. The van der Waals surface area contributed by atoms with Gasteiger partial charge in [0.25, 0.3) is 10.0 Å². The highest BCUT2D eigenvalue weighted by Crippen LogP contribution is 2.23. The maximum absolute atomic E-state index is 12.9. The molecule has 0 spiro atoms. The van der Waals surface area contributed by atoms with Crippen LogP contribution in [0, 0.1) is 0 Å². The number of aromatic nitrogens is 4. The molecule has 1 aliphatic rings. The molecule has 10 heteroatoms. The fourth-order valence-electron chi connectivity index (χ4n) is 3.72. The Morgan fingerprint density at radius 2 is 1.47 bits per heavy atom. The van der Waals surface area contributed by atoms with Gasteiger partial charge < -0.3 is 9.80 Å². The van der Waals surface area contributed by atoms with Crippen molar-refractivity contribution in [1.82, 2.24) is 19.9 Å². The molecular weight excluding hydrogens is 426 g/mol. The standard InChI is InChI=1S/C22H21N7O2S/c30-32(31,19-7-3-5-17-6-4-10-24-21(17)19)27-18-15-25-22(26-16-18)29-13-11-28(12-14-29)20-8-1-2-9-23-20/h1-10,15-16,27H,11-14H2. The number of nitrogens with one attached hydrogen (secondary N) is 1. The van der Waals surface area contributed by atoms with Crippen LogP contribution in [0.1, 0.15) is 0 Å². The Bertz CT molecular complexity index is 1320. The second-order valence-electron chi connectivity index (χ2n) is 7.37. The van der Waals surface area contributed by atoms with E-state index in [9.17, 15) is 8.42 Å². The Hall–Kier alpha value is -3.79. The fraction of sp³-hybridized carbons (Fsp3) is 0.182. The van der Waals surface area contributed by atoms with Crippen molar-refractivity contribution in [2.24, 2.45) is 0 Å². The van der Waals surface area contributed by atoms with E-state index < -0.39 is 10.0 Å². The lowest BCUT2D eigenvalue weighted by molar-refractivity contribution is 0.602. The minimum Gasteiger partial charge on any atom is -0.353 e. The third-order valence-corrected chi connectivity index (χ3v) is 6.72. The minimum atomic E-state index is -3.84. The Morgan fingerprint density at radius 3 is 2.22 bits per heavy atom. The summed E-state index contributed by atoms with van der Waals surface area (Å²) in [6.07, 6.45) is 6.35. The third kappa shape index (κ3) is 4.04. The Labute approximate surface area is 185 Å². The molecule has 0 radical (unpaired) electrons. The van der Waals surface area contributed by atoms with Gasteiger partial charge in [0.2, 0.25) is 5.95 Å². The van der Waals surface area contributed by atoms with Crippen LogP contribution in [0.15, 0.2) is 78.2 Å². The number of hydrogen-bond donors (Lipinski definition) is 1. The lowest BCUT2D eigenvalue weighted by Gasteiger charge is -2.35. The normalized spacial score (nSPS) is 14.5. The van der Waals surface area contributed by atoms with Gasteiger partial charge in [0.05, 0.1) is 23.6 Å². The fourth-order valence-corrected chi connectivity index (χ4v) is 4.93. The first-order valence-electron chi connectivity index (χ1n) is 10.2. The molecule has 162 valence electrons. The molecule has 5 rings (SSSR count). The number of nitrogens with zero attached hydrogens (tertiary/aromatic N) is 6. The van der Waals surface area contributed by atoms with Crippen LogP contribution in [0.25, 0.3) is 10.9 Å². The Kier molecular flexibility index (Phi) is 5.28. The Balaban J connectivity index is 1.28. The molecule has 0 saturated carbocycles. The van der Waals surface area contributed by atoms with Gasteiger partial charge in [0.1, 0.15) is 10.7 Å². The van der Waals surface area contributed by atoms with Crippen LogP contribution in [-0.2, 0) is 10.0 Å². The van der Waals surface area contributed by atoms with Gasteiger partial charge in [-0.25, -0.2) is 23.4 Å². The van der Waals surface area contributed by atoms with Gasteiger partial charge >= 0.3 is 0 Å². The molecule has 0 atom stereocenters. The van der Waals surface area contributed by atoms with Crippen LogP contribution in [0.3, 0.4) is 0 Å². The first kappa shape index (κ1) is 20.1. The lowest BCUT2D eigenvalue weighted by Crippen LogP contribution is -2.47. The lowest BCUT2D eigenvalue weighted by atomic mass is 10.2. The molecule has 1 aromatic carbocycles. The second-order valence-corrected chi connectivity index (χ2v) is 9.02. The van der Waals surface area contributed by atoms with Gasteiger partial charge in [-0.15, -0.1) is 0 Å². The number of sulfonamides is 1. The van der Waals surface area contributed by atoms with Crippen molar-refractivity contribution in [3.63, 3.8) is 0 Å². The van der Waals surface area contributed by atoms with Crippen LogP contribution in [0.4, 0.5) is 17.5 Å². The van der Waals surface area contributed by atoms with Crippen molar-refractivity contribution in [2.75, 3.05) is 40.7 Å². The molecule has 0 amide bonds. The van der Waals surface area contributed by atoms with Gasteiger partial charge in [-0.2, -0.15) is 0 Å². The maximum Gasteiger partial charge on any atom is 0.264 e. The van der Waals surface area contributed by atoms with Gasteiger partial charge in [0.15, 0.2) is 0 Å². The highest BCUT2D eigenvalue weighted by Gasteiger charge is 2.21. The van der Waals surface area contributed by atoms with E-state index in [1.165, 1.54) is 18.5 Å². The van der Waals surface area contributed by atoms with E-state index in [2.05, 4.69) is 34.5 Å². The average Bonchev–Trinajstić information content (AvgIpc) is 2.84. The van der Waals surface area contributed by atoms with Crippen molar-refractivity contribution >= 4 is 38.4 Å². The first-order valence-corrected chi connectivity index (χ1v) is 11.7. The topological polar surface area (TPSA) is 104 Å². The molecule has 0 unspecified atom stereocenters. The zero-order valence-electron chi connectivity index (χ0n) is 17.2. The largest absolute Gasteiger partial charge is 0.353 e. The summed E-state index contributed by atoms with van der Waals surface area (Å²) in [5.41, 5.74) is 0.722. The van der Waals surface area contributed by atoms with Gasteiger partial charge in [-0.3, -0.25) is 9.71 Å². The second kappa shape index (κ2) is 8.39. The summed E-state index contributed by atoms with van der Waals surface area (Å²) in [7, 11) is -3.84. The number of hydrogen-bond acceptors (Lipinski definition) is 8. The van der Waals surface area contributed by atoms with Crippen LogP contribution in [0.5, 0.6) is 0 Å². The van der Waals surface area contributed by atoms with Gasteiger partial charge in [-0.1, -0.05) is 24.3 Å². The average molecular weight is 448 g/mol. The molecule has 1 saturated heterocycles. The summed E-state index contributed by atoms with van der Waals surface area (Å²) in [6.45, 7) is 3.12. The third-order valence-electron chi connectivity index (χ3n) is 5.31. The molecule has 32 heavy (non-hydrogen) atoms. The molecular formula is C22H21N7O2S. The van der Waals surface area contributed by atoms with Crippen LogP contribution in [0.2, 0.25) is 0 Å². The number of piperazine rings is 1. The molecule has 4 aromatic rings. The monoisotopic (exact) mass is 447 g/mol. The molecule has 0 aliphatic carbocycles. The molecule has 1 aliphatic heterocycles. The zero-order chi connectivity index (χ0) is 22.0. The smallest absolute Gasteiger partial charge is 0.264 e. The maximum atomic E-state index is 12.9. The number of rotatable bonds is 5. The molecule has 1 N–H and O–H groups in total. The van der Waals surface area contributed by atoms with Crippen molar-refractivity contribution in [3.05, 3.63) is 73.3 Å². The summed E-state index contributed by atoms with van der Waals surface area (Å²) in [5, 5.41) is 0.756. The summed E-state index contributed by atoms with van der Waals surface area (Å²) in [4.78, 5) is 21.8. The van der Waals surface area contributed by atoms with E-state index in [-0.39, 0.29) is 4.90 Å². The highest BCUT2D eigenvalue weighted by atomic mass is 32.2.